The summed E-state index contributed by atoms with van der Waals surface area (Å²) >= 11 is 7.39. The van der Waals surface area contributed by atoms with Gasteiger partial charge in [-0.25, -0.2) is 4.90 Å². The predicted molar refractivity (Wildman–Crippen MR) is 120 cm³/mol. The largest absolute Gasteiger partial charge is 0.495 e. The summed E-state index contributed by atoms with van der Waals surface area (Å²) in [5.74, 6) is -2.61. The highest BCUT2D eigenvalue weighted by Gasteiger charge is 2.68. The van der Waals surface area contributed by atoms with Crippen LogP contribution >= 0.6 is 11.6 Å². The second-order valence-electron chi connectivity index (χ2n) is 8.49. The zero-order valence-electron chi connectivity index (χ0n) is 17.4. The normalized spacial score (nSPS) is 26.6. The number of carbonyl (C=O) groups is 2. The van der Waals surface area contributed by atoms with E-state index in [1.807, 2.05) is 48.5 Å². The van der Waals surface area contributed by atoms with Gasteiger partial charge in [-0.2, -0.15) is 0 Å². The third kappa shape index (κ3) is 2.35. The molecule has 1 aliphatic heterocycles. The molecular weight excluding hydrogens is 444 g/mol. The number of benzene rings is 3. The van der Waals surface area contributed by atoms with E-state index in [-0.39, 0.29) is 23.0 Å². The molecule has 2 amide bonds. The summed E-state index contributed by atoms with van der Waals surface area (Å²) in [5.41, 5.74) is 3.33. The zero-order valence-corrected chi connectivity index (χ0v) is 18.2. The Labute approximate surface area is 193 Å². The highest BCUT2D eigenvalue weighted by molar-refractivity contribution is 6.33. The van der Waals surface area contributed by atoms with Gasteiger partial charge in [0.2, 0.25) is 11.8 Å². The molecule has 3 aliphatic carbocycles. The van der Waals surface area contributed by atoms with Crippen molar-refractivity contribution in [2.24, 2.45) is 11.8 Å². The molecule has 0 unspecified atom stereocenters. The molecule has 3 aromatic rings. The summed E-state index contributed by atoms with van der Waals surface area (Å²) in [7, 11) is 1.39. The first kappa shape index (κ1) is 19.9. The topological polar surface area (TPSA) is 89.8 Å². The lowest BCUT2D eigenvalue weighted by molar-refractivity contribution is -0.384. The van der Waals surface area contributed by atoms with E-state index in [4.69, 9.17) is 16.3 Å². The van der Waals surface area contributed by atoms with Gasteiger partial charge in [-0.05, 0) is 28.3 Å². The second-order valence-corrected chi connectivity index (χ2v) is 9.09. The van der Waals surface area contributed by atoms with Gasteiger partial charge in [-0.15, -0.1) is 11.6 Å². The number of amides is 2. The number of imide groups is 1. The molecule has 3 aromatic carbocycles. The van der Waals surface area contributed by atoms with Gasteiger partial charge in [-0.3, -0.25) is 19.7 Å². The number of methoxy groups -OCH3 is 1. The van der Waals surface area contributed by atoms with Crippen LogP contribution in [0.1, 0.15) is 28.2 Å². The number of hydrogen-bond donors (Lipinski definition) is 0. The fourth-order valence-corrected chi connectivity index (χ4v) is 6.46. The molecule has 0 aromatic heterocycles. The Morgan fingerprint density at radius 1 is 0.970 bits per heavy atom. The lowest BCUT2D eigenvalue weighted by Gasteiger charge is -2.50. The molecule has 0 spiro atoms. The van der Waals surface area contributed by atoms with E-state index < -0.39 is 33.4 Å². The highest BCUT2D eigenvalue weighted by Crippen LogP contribution is 2.66. The predicted octanol–water partition coefficient (Wildman–Crippen LogP) is 4.35. The van der Waals surface area contributed by atoms with Crippen molar-refractivity contribution in [3.8, 4) is 5.75 Å². The Hall–Kier alpha value is -3.71. The highest BCUT2D eigenvalue weighted by atomic mass is 35.5. The molecule has 1 heterocycles. The number of nitrogens with zero attached hydrogens (tertiary/aromatic N) is 2. The molecule has 0 N–H and O–H groups in total. The van der Waals surface area contributed by atoms with Gasteiger partial charge >= 0.3 is 0 Å². The third-order valence-electron chi connectivity index (χ3n) is 7.13. The number of nitro benzene ring substituents is 1. The molecule has 1 fully saturated rings. The first-order chi connectivity index (χ1) is 15.9. The Morgan fingerprint density at radius 3 is 2.15 bits per heavy atom. The van der Waals surface area contributed by atoms with Crippen LogP contribution in [0, 0.1) is 22.0 Å². The Bertz CT molecular complexity index is 1340. The number of carbonyl (C=O) groups excluding carboxylic acids is 2. The van der Waals surface area contributed by atoms with Crippen molar-refractivity contribution in [3.05, 3.63) is 99.1 Å². The quantitative estimate of drug-likeness (QED) is 0.251. The smallest absolute Gasteiger partial charge is 0.271 e. The molecule has 8 heteroatoms. The molecule has 2 bridgehead atoms. The average molecular weight is 461 g/mol. The maximum Gasteiger partial charge on any atom is 0.271 e. The van der Waals surface area contributed by atoms with Crippen molar-refractivity contribution in [1.82, 2.24) is 0 Å². The molecule has 0 radical (unpaired) electrons. The van der Waals surface area contributed by atoms with E-state index in [0.29, 0.717) is 0 Å². The van der Waals surface area contributed by atoms with Crippen molar-refractivity contribution in [3.63, 3.8) is 0 Å². The van der Waals surface area contributed by atoms with E-state index in [9.17, 15) is 19.7 Å². The van der Waals surface area contributed by atoms with Crippen LogP contribution in [0.4, 0.5) is 11.4 Å². The van der Waals surface area contributed by atoms with Gasteiger partial charge in [0.05, 0.1) is 23.9 Å². The van der Waals surface area contributed by atoms with E-state index in [2.05, 4.69) is 0 Å². The van der Waals surface area contributed by atoms with Gasteiger partial charge in [0.25, 0.3) is 5.69 Å². The summed E-state index contributed by atoms with van der Waals surface area (Å²) in [4.78, 5) is 38.4. The number of non-ortho nitro benzene ring substituents is 1. The lowest BCUT2D eigenvalue weighted by atomic mass is 9.54. The van der Waals surface area contributed by atoms with Gasteiger partial charge in [0.1, 0.15) is 16.3 Å². The summed E-state index contributed by atoms with van der Waals surface area (Å²) in [6.07, 6.45) is 0. The SMILES string of the molecule is COc1ccc([N+](=O)[O-])cc1N1C(=O)[C@@H]2C3c4ccccc4C(Cl)(c4ccccc43)[C@@H]2C1=O. The van der Waals surface area contributed by atoms with E-state index in [1.165, 1.54) is 25.3 Å². The van der Waals surface area contributed by atoms with Crippen molar-refractivity contribution in [1.29, 1.82) is 0 Å². The van der Waals surface area contributed by atoms with Crippen LogP contribution in [-0.4, -0.2) is 23.8 Å². The van der Waals surface area contributed by atoms with Gasteiger partial charge < -0.3 is 4.74 Å². The summed E-state index contributed by atoms with van der Waals surface area (Å²) in [6.45, 7) is 0. The Balaban J connectivity index is 1.59. The Kier molecular flexibility index (Phi) is 4.02. The minimum atomic E-state index is -1.22. The molecular formula is C25H17ClN2O5. The lowest BCUT2D eigenvalue weighted by Crippen LogP contribution is -2.50. The van der Waals surface area contributed by atoms with Crippen molar-refractivity contribution in [2.45, 2.75) is 10.8 Å². The van der Waals surface area contributed by atoms with Crippen LogP contribution < -0.4 is 9.64 Å². The summed E-state index contributed by atoms with van der Waals surface area (Å²) in [5, 5.41) is 11.4. The first-order valence-electron chi connectivity index (χ1n) is 10.5. The van der Waals surface area contributed by atoms with Crippen LogP contribution in [0.5, 0.6) is 5.75 Å². The van der Waals surface area contributed by atoms with Crippen molar-refractivity contribution < 1.29 is 19.2 Å². The van der Waals surface area contributed by atoms with E-state index in [1.54, 1.807) is 0 Å². The van der Waals surface area contributed by atoms with Gasteiger partial charge in [-0.1, -0.05) is 48.5 Å². The van der Waals surface area contributed by atoms with Crippen LogP contribution in [-0.2, 0) is 14.5 Å². The van der Waals surface area contributed by atoms with Crippen LogP contribution in [0.25, 0.3) is 0 Å². The zero-order chi connectivity index (χ0) is 23.1. The van der Waals surface area contributed by atoms with Crippen LogP contribution in [0.15, 0.2) is 66.7 Å². The molecule has 2 atom stereocenters. The molecule has 0 saturated carbocycles. The summed E-state index contributed by atoms with van der Waals surface area (Å²) < 4.78 is 5.36. The minimum absolute atomic E-state index is 0.0591. The molecule has 1 saturated heterocycles. The minimum Gasteiger partial charge on any atom is -0.495 e. The molecule has 33 heavy (non-hydrogen) atoms. The molecule has 164 valence electrons. The fourth-order valence-electron chi connectivity index (χ4n) is 5.88. The number of ether oxygens (including phenoxy) is 1. The molecule has 7 rings (SSSR count). The van der Waals surface area contributed by atoms with Crippen LogP contribution in [0.3, 0.4) is 0 Å². The Morgan fingerprint density at radius 2 is 1.58 bits per heavy atom. The maximum atomic E-state index is 13.9. The average Bonchev–Trinajstić information content (AvgIpc) is 3.10. The fraction of sp³-hybridized carbons (Fsp3) is 0.200. The maximum absolute atomic E-state index is 13.9. The third-order valence-corrected chi connectivity index (χ3v) is 7.77. The number of nitro groups is 1. The van der Waals surface area contributed by atoms with Crippen LogP contribution in [0.2, 0.25) is 0 Å². The van der Waals surface area contributed by atoms with E-state index in [0.717, 1.165) is 27.2 Å². The number of alkyl halides is 1. The molecule has 7 nitrogen and oxygen atoms in total. The number of halogens is 1. The van der Waals surface area contributed by atoms with Gasteiger partial charge in [0.15, 0.2) is 0 Å². The standard InChI is InChI=1S/C25H17ClN2O5/c1-33-19-11-10-13(28(31)32)12-18(19)27-23(29)21-20-14-6-2-4-8-16(14)25(26,22(21)24(27)30)17-9-5-3-7-15(17)20/h2-12,20-22H,1H3/t20?,21-,22+,25?/m1/s1. The number of rotatable bonds is 3. The van der Waals surface area contributed by atoms with Crippen molar-refractivity contribution >= 4 is 34.8 Å². The second kappa shape index (κ2) is 6.65. The summed E-state index contributed by atoms with van der Waals surface area (Å²) in [6, 6.07) is 19.2. The molecule has 4 aliphatic rings. The monoisotopic (exact) mass is 460 g/mol. The number of anilines is 1. The van der Waals surface area contributed by atoms with Crippen molar-refractivity contribution in [2.75, 3.05) is 12.0 Å². The van der Waals surface area contributed by atoms with E-state index >= 15 is 0 Å². The first-order valence-corrected chi connectivity index (χ1v) is 10.8. The van der Waals surface area contributed by atoms with Gasteiger partial charge in [0, 0.05) is 18.1 Å². The number of hydrogen-bond acceptors (Lipinski definition) is 5.